The van der Waals surface area contributed by atoms with Crippen LogP contribution in [0.25, 0.3) is 0 Å². The normalized spacial score (nSPS) is 11.2. The third kappa shape index (κ3) is 3.16. The number of aryl methyl sites for hydroxylation is 1. The Morgan fingerprint density at radius 2 is 1.95 bits per heavy atom. The molecule has 0 aliphatic heterocycles. The lowest BCUT2D eigenvalue weighted by Gasteiger charge is -2.00. The lowest BCUT2D eigenvalue weighted by atomic mass is 10.4. The number of nitrogens with zero attached hydrogens (tertiary/aromatic N) is 2. The minimum absolute atomic E-state index is 0.231. The molecule has 0 saturated carbocycles. The third-order valence-electron chi connectivity index (χ3n) is 2.27. The number of hydrogen-bond acceptors (Lipinski definition) is 6. The standard InChI is InChI=1S/C12H10N2O3S2/c1-8-14-11(7-13)12(17-8)18-9-3-5-10(6-4-9)19(2,15)16/h3-6H,1-2H3. The van der Waals surface area contributed by atoms with Gasteiger partial charge in [0, 0.05) is 18.1 Å². The highest BCUT2D eigenvalue weighted by Crippen LogP contribution is 2.31. The van der Waals surface area contributed by atoms with Crippen molar-refractivity contribution in [2.45, 2.75) is 21.8 Å². The first-order valence-electron chi connectivity index (χ1n) is 5.25. The zero-order valence-electron chi connectivity index (χ0n) is 10.2. The molecule has 5 nitrogen and oxygen atoms in total. The summed E-state index contributed by atoms with van der Waals surface area (Å²) in [4.78, 5) is 4.97. The van der Waals surface area contributed by atoms with Gasteiger partial charge in [-0.15, -0.1) is 0 Å². The van der Waals surface area contributed by atoms with Gasteiger partial charge in [0.2, 0.25) is 5.09 Å². The molecule has 0 aliphatic carbocycles. The van der Waals surface area contributed by atoms with Crippen molar-refractivity contribution in [1.29, 1.82) is 5.26 Å². The van der Waals surface area contributed by atoms with Crippen molar-refractivity contribution in [2.24, 2.45) is 0 Å². The highest BCUT2D eigenvalue weighted by Gasteiger charge is 2.13. The minimum atomic E-state index is -3.20. The Bertz CT molecular complexity index is 740. The van der Waals surface area contributed by atoms with Crippen LogP contribution in [-0.2, 0) is 9.84 Å². The van der Waals surface area contributed by atoms with E-state index in [0.717, 1.165) is 11.2 Å². The second-order valence-corrected chi connectivity index (χ2v) is 6.89. The number of sulfone groups is 1. The monoisotopic (exact) mass is 294 g/mol. The molecular weight excluding hydrogens is 284 g/mol. The van der Waals surface area contributed by atoms with Crippen molar-refractivity contribution in [2.75, 3.05) is 6.26 Å². The van der Waals surface area contributed by atoms with Crippen LogP contribution < -0.4 is 0 Å². The van der Waals surface area contributed by atoms with Crippen molar-refractivity contribution >= 4 is 21.6 Å². The second-order valence-electron chi connectivity index (χ2n) is 3.83. The van der Waals surface area contributed by atoms with E-state index in [1.165, 1.54) is 23.9 Å². The third-order valence-corrected chi connectivity index (χ3v) is 4.37. The highest BCUT2D eigenvalue weighted by atomic mass is 32.2. The molecule has 0 unspecified atom stereocenters. The summed E-state index contributed by atoms with van der Waals surface area (Å²) in [7, 11) is -3.20. The van der Waals surface area contributed by atoms with Crippen LogP contribution in [-0.4, -0.2) is 19.7 Å². The molecule has 7 heteroatoms. The first kappa shape index (κ1) is 13.6. The van der Waals surface area contributed by atoms with Gasteiger partial charge in [-0.05, 0) is 36.0 Å². The van der Waals surface area contributed by atoms with E-state index in [4.69, 9.17) is 9.68 Å². The summed E-state index contributed by atoms with van der Waals surface area (Å²) >= 11 is 1.23. The Morgan fingerprint density at radius 1 is 1.32 bits per heavy atom. The van der Waals surface area contributed by atoms with E-state index in [1.54, 1.807) is 19.1 Å². The lowest BCUT2D eigenvalue weighted by Crippen LogP contribution is -1.95. The quantitative estimate of drug-likeness (QED) is 0.864. The molecule has 2 aromatic rings. The summed E-state index contributed by atoms with van der Waals surface area (Å²) in [6.07, 6.45) is 1.16. The van der Waals surface area contributed by atoms with E-state index in [2.05, 4.69) is 4.98 Å². The molecule has 0 fully saturated rings. The van der Waals surface area contributed by atoms with Crippen LogP contribution in [0.3, 0.4) is 0 Å². The van der Waals surface area contributed by atoms with Crippen LogP contribution in [0.5, 0.6) is 0 Å². The second kappa shape index (κ2) is 5.07. The predicted octanol–water partition coefficient (Wildman–Crippen LogP) is 2.41. The fraction of sp³-hybridized carbons (Fsp3) is 0.167. The Hall–Kier alpha value is -1.78. The van der Waals surface area contributed by atoms with Crippen LogP contribution in [0.2, 0.25) is 0 Å². The van der Waals surface area contributed by atoms with Gasteiger partial charge in [-0.1, -0.05) is 0 Å². The largest absolute Gasteiger partial charge is 0.433 e. The first-order chi connectivity index (χ1) is 8.90. The van der Waals surface area contributed by atoms with Crippen LogP contribution in [0.4, 0.5) is 0 Å². The summed E-state index contributed by atoms with van der Waals surface area (Å²) in [6.45, 7) is 1.66. The molecule has 0 radical (unpaired) electrons. The van der Waals surface area contributed by atoms with Crippen molar-refractivity contribution in [3.8, 4) is 6.07 Å². The maximum atomic E-state index is 11.3. The molecule has 1 heterocycles. The Labute approximate surface area is 115 Å². The number of rotatable bonds is 3. The Balaban J connectivity index is 2.27. The molecular formula is C12H10N2O3S2. The lowest BCUT2D eigenvalue weighted by molar-refractivity contribution is 0.441. The maximum Gasteiger partial charge on any atom is 0.203 e. The zero-order chi connectivity index (χ0) is 14.0. The van der Waals surface area contributed by atoms with E-state index < -0.39 is 9.84 Å². The van der Waals surface area contributed by atoms with Crippen LogP contribution in [0.1, 0.15) is 11.6 Å². The van der Waals surface area contributed by atoms with E-state index in [9.17, 15) is 8.42 Å². The highest BCUT2D eigenvalue weighted by molar-refractivity contribution is 7.99. The van der Waals surface area contributed by atoms with E-state index in [1.807, 2.05) is 6.07 Å². The summed E-state index contributed by atoms with van der Waals surface area (Å²) in [6, 6.07) is 8.33. The van der Waals surface area contributed by atoms with Gasteiger partial charge in [0.25, 0.3) is 0 Å². The maximum absolute atomic E-state index is 11.3. The van der Waals surface area contributed by atoms with Gasteiger partial charge in [0.1, 0.15) is 6.07 Å². The van der Waals surface area contributed by atoms with E-state index >= 15 is 0 Å². The Kier molecular flexibility index (Phi) is 3.64. The predicted molar refractivity (Wildman–Crippen MR) is 69.6 cm³/mol. The number of benzene rings is 1. The van der Waals surface area contributed by atoms with Gasteiger partial charge in [0.05, 0.1) is 4.90 Å². The first-order valence-corrected chi connectivity index (χ1v) is 7.96. The number of oxazole rings is 1. The average molecular weight is 294 g/mol. The van der Waals surface area contributed by atoms with Gasteiger partial charge in [-0.3, -0.25) is 0 Å². The minimum Gasteiger partial charge on any atom is -0.433 e. The average Bonchev–Trinajstić information content (AvgIpc) is 2.69. The van der Waals surface area contributed by atoms with E-state index in [0.29, 0.717) is 11.0 Å². The Morgan fingerprint density at radius 3 is 2.47 bits per heavy atom. The topological polar surface area (TPSA) is 84.0 Å². The van der Waals surface area contributed by atoms with Crippen LogP contribution >= 0.6 is 11.8 Å². The number of hydrogen-bond donors (Lipinski definition) is 0. The zero-order valence-corrected chi connectivity index (χ0v) is 11.9. The fourth-order valence-electron chi connectivity index (χ4n) is 1.41. The molecule has 1 aromatic heterocycles. The molecule has 19 heavy (non-hydrogen) atoms. The van der Waals surface area contributed by atoms with Crippen LogP contribution in [0, 0.1) is 18.3 Å². The van der Waals surface area contributed by atoms with Crippen LogP contribution in [0.15, 0.2) is 43.6 Å². The fourth-order valence-corrected chi connectivity index (χ4v) is 2.88. The SMILES string of the molecule is Cc1nc(C#N)c(Sc2ccc(S(C)(=O)=O)cc2)o1. The van der Waals surface area contributed by atoms with Gasteiger partial charge in [0.15, 0.2) is 21.4 Å². The summed E-state index contributed by atoms with van der Waals surface area (Å²) in [5.41, 5.74) is 0.231. The summed E-state index contributed by atoms with van der Waals surface area (Å²) in [5, 5.41) is 9.30. The molecule has 0 saturated heterocycles. The molecule has 0 aliphatic rings. The number of aromatic nitrogens is 1. The molecule has 2 rings (SSSR count). The molecule has 0 spiro atoms. The van der Waals surface area contributed by atoms with Crippen molar-refractivity contribution in [1.82, 2.24) is 4.98 Å². The molecule has 0 N–H and O–H groups in total. The van der Waals surface area contributed by atoms with Crippen molar-refractivity contribution in [3.63, 3.8) is 0 Å². The molecule has 0 amide bonds. The van der Waals surface area contributed by atoms with Crippen molar-refractivity contribution in [3.05, 3.63) is 35.9 Å². The molecule has 1 aromatic carbocycles. The molecule has 0 bridgehead atoms. The number of nitriles is 1. The van der Waals surface area contributed by atoms with Gasteiger partial charge < -0.3 is 4.42 Å². The van der Waals surface area contributed by atoms with Gasteiger partial charge >= 0.3 is 0 Å². The molecule has 0 atom stereocenters. The van der Waals surface area contributed by atoms with Gasteiger partial charge in [-0.2, -0.15) is 5.26 Å². The van der Waals surface area contributed by atoms with Crippen molar-refractivity contribution < 1.29 is 12.8 Å². The van der Waals surface area contributed by atoms with Gasteiger partial charge in [-0.25, -0.2) is 13.4 Å². The smallest absolute Gasteiger partial charge is 0.203 e. The van der Waals surface area contributed by atoms with E-state index in [-0.39, 0.29) is 10.6 Å². The summed E-state index contributed by atoms with van der Waals surface area (Å²) in [5.74, 6) is 0.423. The molecule has 98 valence electrons. The summed E-state index contributed by atoms with van der Waals surface area (Å²) < 4.78 is 28.0.